The normalized spacial score (nSPS) is 11.1. The molecule has 152 valence electrons. The van der Waals surface area contributed by atoms with E-state index in [0.29, 0.717) is 22.2 Å². The molecular formula is C19H17ClN2O5S2. The first-order valence-corrected chi connectivity index (χ1v) is 11.1. The van der Waals surface area contributed by atoms with Crippen molar-refractivity contribution in [3.63, 3.8) is 0 Å². The Bertz CT molecular complexity index is 1050. The Hall–Kier alpha value is -2.62. The second kappa shape index (κ2) is 9.25. The third kappa shape index (κ3) is 5.47. The lowest BCUT2D eigenvalue weighted by Crippen LogP contribution is -2.25. The number of pyridine rings is 1. The zero-order valence-electron chi connectivity index (χ0n) is 15.3. The molecule has 0 radical (unpaired) electrons. The molecule has 0 bridgehead atoms. The van der Waals surface area contributed by atoms with Crippen molar-refractivity contribution in [3.05, 3.63) is 70.8 Å². The third-order valence-electron chi connectivity index (χ3n) is 3.86. The maximum Gasteiger partial charge on any atom is 0.344 e. The highest BCUT2D eigenvalue weighted by Crippen LogP contribution is 2.26. The number of thiophene rings is 1. The van der Waals surface area contributed by atoms with Gasteiger partial charge in [-0.2, -0.15) is 0 Å². The molecule has 0 saturated carbocycles. The number of halogens is 1. The van der Waals surface area contributed by atoms with Gasteiger partial charge in [-0.1, -0.05) is 23.7 Å². The summed E-state index contributed by atoms with van der Waals surface area (Å²) in [7, 11) is -2.12. The molecule has 0 N–H and O–H groups in total. The van der Waals surface area contributed by atoms with Gasteiger partial charge in [0.1, 0.15) is 21.7 Å². The largest absolute Gasteiger partial charge is 0.482 e. The molecule has 29 heavy (non-hydrogen) atoms. The number of aromatic nitrogens is 1. The van der Waals surface area contributed by atoms with E-state index >= 15 is 0 Å². The maximum absolute atomic E-state index is 12.5. The Labute approximate surface area is 177 Å². The minimum absolute atomic E-state index is 0.0661. The average molecular weight is 453 g/mol. The van der Waals surface area contributed by atoms with Crippen molar-refractivity contribution < 1.29 is 22.7 Å². The summed E-state index contributed by atoms with van der Waals surface area (Å²) >= 11 is 6.85. The van der Waals surface area contributed by atoms with Gasteiger partial charge in [-0.25, -0.2) is 18.2 Å². The van der Waals surface area contributed by atoms with E-state index in [4.69, 9.17) is 21.1 Å². The summed E-state index contributed by atoms with van der Waals surface area (Å²) in [5, 5.41) is 2.07. The highest BCUT2D eigenvalue weighted by atomic mass is 35.5. The summed E-state index contributed by atoms with van der Waals surface area (Å²) in [5.74, 6) is -0.123. The molecule has 0 atom stereocenters. The van der Waals surface area contributed by atoms with Crippen molar-refractivity contribution in [1.29, 1.82) is 0 Å². The number of nitrogens with zero attached hydrogens (tertiary/aromatic N) is 2. The lowest BCUT2D eigenvalue weighted by molar-refractivity contribution is -0.147. The molecule has 2 heterocycles. The Morgan fingerprint density at radius 2 is 1.93 bits per heavy atom. The van der Waals surface area contributed by atoms with Crippen molar-refractivity contribution in [1.82, 2.24) is 4.98 Å². The third-order valence-corrected chi connectivity index (χ3v) is 7.24. The molecule has 3 aromatic rings. The van der Waals surface area contributed by atoms with Crippen LogP contribution in [0.4, 0.5) is 5.69 Å². The Balaban J connectivity index is 1.52. The van der Waals surface area contributed by atoms with Crippen molar-refractivity contribution in [2.45, 2.75) is 10.8 Å². The summed E-state index contributed by atoms with van der Waals surface area (Å²) in [6, 6.07) is 12.9. The molecule has 0 aliphatic rings. The van der Waals surface area contributed by atoms with Gasteiger partial charge in [0.2, 0.25) is 0 Å². The number of anilines is 1. The van der Waals surface area contributed by atoms with Crippen LogP contribution < -0.4 is 9.04 Å². The molecule has 0 amide bonds. The molecule has 0 spiro atoms. The topological polar surface area (TPSA) is 85.8 Å². The number of sulfonamides is 1. The Kier molecular flexibility index (Phi) is 6.73. The van der Waals surface area contributed by atoms with Gasteiger partial charge in [0.25, 0.3) is 10.0 Å². The van der Waals surface area contributed by atoms with Crippen LogP contribution in [-0.2, 0) is 26.2 Å². The molecule has 0 saturated heterocycles. The maximum atomic E-state index is 12.5. The fourth-order valence-corrected chi connectivity index (χ4v) is 4.74. The van der Waals surface area contributed by atoms with E-state index in [0.717, 1.165) is 11.3 Å². The van der Waals surface area contributed by atoms with E-state index < -0.39 is 16.0 Å². The Morgan fingerprint density at radius 3 is 2.55 bits per heavy atom. The van der Waals surface area contributed by atoms with Gasteiger partial charge in [0.05, 0.1) is 5.69 Å². The van der Waals surface area contributed by atoms with Gasteiger partial charge < -0.3 is 9.47 Å². The zero-order valence-corrected chi connectivity index (χ0v) is 17.7. The van der Waals surface area contributed by atoms with Crippen LogP contribution in [0.2, 0.25) is 5.15 Å². The van der Waals surface area contributed by atoms with Crippen molar-refractivity contribution in [2.75, 3.05) is 18.0 Å². The van der Waals surface area contributed by atoms with Gasteiger partial charge in [0.15, 0.2) is 6.61 Å². The van der Waals surface area contributed by atoms with Crippen LogP contribution in [0.1, 0.15) is 5.56 Å². The number of hydrogen-bond donors (Lipinski definition) is 0. The van der Waals surface area contributed by atoms with Crippen molar-refractivity contribution in [2.24, 2.45) is 0 Å². The smallest absolute Gasteiger partial charge is 0.344 e. The van der Waals surface area contributed by atoms with E-state index in [9.17, 15) is 13.2 Å². The first-order valence-electron chi connectivity index (χ1n) is 8.37. The second-order valence-corrected chi connectivity index (χ2v) is 9.37. The second-order valence-electron chi connectivity index (χ2n) is 5.84. The number of rotatable bonds is 8. The number of esters is 1. The van der Waals surface area contributed by atoms with Crippen molar-refractivity contribution >= 4 is 44.6 Å². The molecule has 2 aromatic heterocycles. The zero-order chi connectivity index (χ0) is 20.9. The summed E-state index contributed by atoms with van der Waals surface area (Å²) in [6.07, 6.45) is 1.52. The molecule has 3 rings (SSSR count). The highest BCUT2D eigenvalue weighted by Gasteiger charge is 2.22. The van der Waals surface area contributed by atoms with E-state index in [-0.39, 0.29) is 17.4 Å². The fraction of sp³-hybridized carbons (Fsp3) is 0.158. The van der Waals surface area contributed by atoms with Crippen LogP contribution in [0.3, 0.4) is 0 Å². The first-order chi connectivity index (χ1) is 13.9. The van der Waals surface area contributed by atoms with Gasteiger partial charge in [0, 0.05) is 18.8 Å². The predicted octanol–water partition coefficient (Wildman–Crippen LogP) is 3.74. The number of hydrogen-bond acceptors (Lipinski definition) is 7. The highest BCUT2D eigenvalue weighted by molar-refractivity contribution is 7.94. The standard InChI is InChI=1S/C19H17ClN2O5S2/c1-22(29(24,25)19-3-2-10-28-19)15-5-7-16(8-6-15)26-13-18(23)27-12-14-4-9-17(20)21-11-14/h2-11H,12-13H2,1H3. The van der Waals surface area contributed by atoms with Gasteiger partial charge in [-0.15, -0.1) is 11.3 Å². The van der Waals surface area contributed by atoms with Crippen LogP contribution in [0, 0.1) is 0 Å². The molecule has 1 aromatic carbocycles. The molecule has 0 fully saturated rings. The van der Waals surface area contributed by atoms with Gasteiger partial charge in [-0.3, -0.25) is 4.31 Å². The van der Waals surface area contributed by atoms with Gasteiger partial charge >= 0.3 is 5.97 Å². The summed E-state index contributed by atoms with van der Waals surface area (Å²) in [4.78, 5) is 15.7. The molecule has 0 aliphatic heterocycles. The van der Waals surface area contributed by atoms with E-state index in [1.54, 1.807) is 53.9 Å². The molecule has 0 aliphatic carbocycles. The number of carbonyl (C=O) groups is 1. The molecule has 10 heteroatoms. The number of carbonyl (C=O) groups excluding carboxylic acids is 1. The van der Waals surface area contributed by atoms with Crippen LogP contribution >= 0.6 is 22.9 Å². The minimum Gasteiger partial charge on any atom is -0.482 e. The number of ether oxygens (including phenoxy) is 2. The van der Waals surface area contributed by atoms with Gasteiger partial charge in [-0.05, 0) is 41.8 Å². The van der Waals surface area contributed by atoms with E-state index in [2.05, 4.69) is 4.98 Å². The summed E-state index contributed by atoms with van der Waals surface area (Å²) in [5.41, 5.74) is 1.19. The van der Waals surface area contributed by atoms with Crippen LogP contribution in [-0.4, -0.2) is 33.0 Å². The van der Waals surface area contributed by atoms with E-state index in [1.165, 1.54) is 17.5 Å². The fourth-order valence-electron chi connectivity index (χ4n) is 2.28. The molecule has 7 nitrogen and oxygen atoms in total. The summed E-state index contributed by atoms with van der Waals surface area (Å²) in [6.45, 7) is -0.208. The van der Waals surface area contributed by atoms with E-state index in [1.807, 2.05) is 0 Å². The first kappa shape index (κ1) is 21.1. The van der Waals surface area contributed by atoms with Crippen molar-refractivity contribution in [3.8, 4) is 5.75 Å². The van der Waals surface area contributed by atoms with Crippen LogP contribution in [0.25, 0.3) is 0 Å². The SMILES string of the molecule is CN(c1ccc(OCC(=O)OCc2ccc(Cl)nc2)cc1)S(=O)(=O)c1cccs1. The average Bonchev–Trinajstić information content (AvgIpc) is 3.27. The molecular weight excluding hydrogens is 436 g/mol. The van der Waals surface area contributed by atoms with Crippen LogP contribution in [0.5, 0.6) is 5.75 Å². The summed E-state index contributed by atoms with van der Waals surface area (Å²) < 4.78 is 37.0. The Morgan fingerprint density at radius 1 is 1.17 bits per heavy atom. The minimum atomic E-state index is -3.60. The number of benzene rings is 1. The monoisotopic (exact) mass is 452 g/mol. The van der Waals surface area contributed by atoms with Crippen LogP contribution in [0.15, 0.2) is 64.3 Å². The predicted molar refractivity (Wildman–Crippen MR) is 111 cm³/mol. The quantitative estimate of drug-likeness (QED) is 0.382. The lowest BCUT2D eigenvalue weighted by Gasteiger charge is -2.18. The lowest BCUT2D eigenvalue weighted by atomic mass is 10.3. The molecule has 0 unspecified atom stereocenters.